The van der Waals surface area contributed by atoms with Crippen LogP contribution in [-0.4, -0.2) is 38.6 Å². The SMILES string of the molecule is Cc1cc(C23CC4CC(C2)CC(c2ccc(OCC5CO5)c(C)c2)(C4)C3)ccc1OCC1CO1. The Morgan fingerprint density at radius 1 is 0.735 bits per heavy atom. The largest absolute Gasteiger partial charge is 0.491 e. The first kappa shape index (κ1) is 21.3. The fourth-order valence-electron chi connectivity index (χ4n) is 7.91. The van der Waals surface area contributed by atoms with Gasteiger partial charge in [0.15, 0.2) is 0 Å². The van der Waals surface area contributed by atoms with Crippen molar-refractivity contribution >= 4 is 0 Å². The Balaban J connectivity index is 1.17. The first-order valence-electron chi connectivity index (χ1n) is 13.2. The fourth-order valence-corrected chi connectivity index (χ4v) is 7.91. The Morgan fingerprint density at radius 2 is 1.18 bits per heavy atom. The fraction of sp³-hybridized carbons (Fsp3) is 0.600. The van der Waals surface area contributed by atoms with E-state index in [0.29, 0.717) is 36.3 Å². The van der Waals surface area contributed by atoms with Gasteiger partial charge in [0.2, 0.25) is 0 Å². The lowest BCUT2D eigenvalue weighted by Gasteiger charge is -2.63. The van der Waals surface area contributed by atoms with Gasteiger partial charge in [-0.2, -0.15) is 0 Å². The van der Waals surface area contributed by atoms with Crippen LogP contribution in [-0.2, 0) is 20.3 Å². The second-order valence-corrected chi connectivity index (χ2v) is 12.0. The zero-order valence-corrected chi connectivity index (χ0v) is 20.5. The summed E-state index contributed by atoms with van der Waals surface area (Å²) in [5.74, 6) is 3.71. The van der Waals surface area contributed by atoms with Gasteiger partial charge in [-0.3, -0.25) is 0 Å². The maximum atomic E-state index is 6.04. The number of epoxide rings is 2. The van der Waals surface area contributed by atoms with Crippen molar-refractivity contribution in [2.24, 2.45) is 11.8 Å². The lowest BCUT2D eigenvalue weighted by atomic mass is 9.41. The summed E-state index contributed by atoms with van der Waals surface area (Å²) in [7, 11) is 0. The molecular formula is C30H36O4. The Labute approximate surface area is 202 Å². The summed E-state index contributed by atoms with van der Waals surface area (Å²) in [5.41, 5.74) is 6.22. The molecule has 4 bridgehead atoms. The Hall–Kier alpha value is -2.04. The maximum absolute atomic E-state index is 6.04. The zero-order chi connectivity index (χ0) is 22.9. The minimum absolute atomic E-state index is 0.296. The average Bonchev–Trinajstić information content (AvgIpc) is 3.72. The lowest BCUT2D eigenvalue weighted by molar-refractivity contribution is -0.0282. The molecule has 2 heterocycles. The van der Waals surface area contributed by atoms with Crippen LogP contribution in [0.25, 0.3) is 0 Å². The summed E-state index contributed by atoms with van der Waals surface area (Å²) in [6.45, 7) is 7.44. The first-order chi connectivity index (χ1) is 16.5. The number of ether oxygens (including phenoxy) is 4. The molecule has 4 nitrogen and oxygen atoms in total. The van der Waals surface area contributed by atoms with Crippen LogP contribution in [0.5, 0.6) is 11.5 Å². The minimum atomic E-state index is 0.296. The molecule has 2 aromatic rings. The summed E-state index contributed by atoms with van der Waals surface area (Å²) >= 11 is 0. The van der Waals surface area contributed by atoms with Gasteiger partial charge in [-0.25, -0.2) is 0 Å². The van der Waals surface area contributed by atoms with Crippen molar-refractivity contribution in [1.29, 1.82) is 0 Å². The summed E-state index contributed by atoms with van der Waals surface area (Å²) in [4.78, 5) is 0. The van der Waals surface area contributed by atoms with Gasteiger partial charge in [0.05, 0.1) is 13.2 Å². The van der Waals surface area contributed by atoms with Crippen molar-refractivity contribution < 1.29 is 18.9 Å². The predicted octanol–water partition coefficient (Wildman–Crippen LogP) is 5.65. The van der Waals surface area contributed by atoms with Crippen LogP contribution in [0, 0.1) is 25.7 Å². The van der Waals surface area contributed by atoms with Crippen LogP contribution in [0.15, 0.2) is 36.4 Å². The van der Waals surface area contributed by atoms with Gasteiger partial charge in [-0.05, 0) is 109 Å². The summed E-state index contributed by atoms with van der Waals surface area (Å²) in [6.07, 6.45) is 8.69. The number of aryl methyl sites for hydroxylation is 2. The number of hydrogen-bond donors (Lipinski definition) is 0. The van der Waals surface area contributed by atoms with E-state index in [1.54, 1.807) is 11.1 Å². The summed E-state index contributed by atoms with van der Waals surface area (Å²) < 4.78 is 22.7. The molecule has 0 radical (unpaired) electrons. The standard InChI is InChI=1S/C30H36O4/c1-19-7-23(3-5-27(19)33-16-25-14-31-25)29-10-21-9-22(11-29)13-30(12-21,18-29)24-4-6-28(20(2)8-24)34-17-26-15-32-26/h3-8,21-22,25-26H,9-18H2,1-2H3. The normalized spacial score (nSPS) is 37.0. The van der Waals surface area contributed by atoms with Crippen molar-refractivity contribution in [2.75, 3.05) is 26.4 Å². The van der Waals surface area contributed by atoms with E-state index in [1.165, 1.54) is 49.7 Å². The molecule has 2 saturated heterocycles. The molecule has 6 fully saturated rings. The average molecular weight is 461 g/mol. The molecule has 0 N–H and O–H groups in total. The third kappa shape index (κ3) is 3.74. The molecule has 0 aromatic heterocycles. The monoisotopic (exact) mass is 460 g/mol. The Kier molecular flexibility index (Phi) is 4.83. The first-order valence-corrected chi connectivity index (χ1v) is 13.2. The smallest absolute Gasteiger partial charge is 0.122 e. The molecule has 2 unspecified atom stereocenters. The third-order valence-electron chi connectivity index (χ3n) is 9.29. The number of hydrogen-bond acceptors (Lipinski definition) is 4. The molecule has 4 aliphatic carbocycles. The van der Waals surface area contributed by atoms with Crippen LogP contribution in [0.2, 0.25) is 0 Å². The Morgan fingerprint density at radius 3 is 1.56 bits per heavy atom. The lowest BCUT2D eigenvalue weighted by Crippen LogP contribution is -2.55. The van der Waals surface area contributed by atoms with Gasteiger partial charge in [0, 0.05) is 0 Å². The van der Waals surface area contributed by atoms with E-state index in [1.807, 2.05) is 0 Å². The van der Waals surface area contributed by atoms with Crippen LogP contribution in [0.4, 0.5) is 0 Å². The van der Waals surface area contributed by atoms with Gasteiger partial charge >= 0.3 is 0 Å². The highest BCUT2D eigenvalue weighted by Gasteiger charge is 2.58. The molecular weight excluding hydrogens is 424 g/mol. The van der Waals surface area contributed by atoms with E-state index < -0.39 is 0 Å². The van der Waals surface area contributed by atoms with Gasteiger partial charge in [-0.15, -0.1) is 0 Å². The molecule has 2 aromatic carbocycles. The second-order valence-electron chi connectivity index (χ2n) is 12.0. The number of benzene rings is 2. The third-order valence-corrected chi connectivity index (χ3v) is 9.29. The predicted molar refractivity (Wildman–Crippen MR) is 131 cm³/mol. The van der Waals surface area contributed by atoms with Crippen molar-refractivity contribution in [2.45, 2.75) is 75.4 Å². The molecule has 8 rings (SSSR count). The van der Waals surface area contributed by atoms with Crippen molar-refractivity contribution in [3.8, 4) is 11.5 Å². The topological polar surface area (TPSA) is 43.5 Å². The van der Waals surface area contributed by atoms with Crippen molar-refractivity contribution in [3.63, 3.8) is 0 Å². The molecule has 34 heavy (non-hydrogen) atoms. The molecule has 2 aliphatic heterocycles. The van der Waals surface area contributed by atoms with Crippen LogP contribution in [0.1, 0.15) is 60.8 Å². The molecule has 180 valence electrons. The molecule has 0 amide bonds. The minimum Gasteiger partial charge on any atom is -0.491 e. The molecule has 4 heteroatoms. The number of rotatable bonds is 8. The summed E-state index contributed by atoms with van der Waals surface area (Å²) in [6, 6.07) is 14.1. The van der Waals surface area contributed by atoms with E-state index in [0.717, 1.165) is 36.5 Å². The quantitative estimate of drug-likeness (QED) is 0.478. The maximum Gasteiger partial charge on any atom is 0.122 e. The van der Waals surface area contributed by atoms with Gasteiger partial charge in [0.1, 0.15) is 36.9 Å². The van der Waals surface area contributed by atoms with E-state index in [9.17, 15) is 0 Å². The van der Waals surface area contributed by atoms with Gasteiger partial charge in [0.25, 0.3) is 0 Å². The molecule has 2 atom stereocenters. The van der Waals surface area contributed by atoms with E-state index in [-0.39, 0.29) is 0 Å². The van der Waals surface area contributed by atoms with Gasteiger partial charge < -0.3 is 18.9 Å². The van der Waals surface area contributed by atoms with Crippen LogP contribution < -0.4 is 9.47 Å². The highest BCUT2D eigenvalue weighted by molar-refractivity contribution is 5.45. The molecule has 6 aliphatic rings. The van der Waals surface area contributed by atoms with Crippen molar-refractivity contribution in [1.82, 2.24) is 0 Å². The Bertz CT molecular complexity index is 1000. The summed E-state index contributed by atoms with van der Waals surface area (Å²) in [5, 5.41) is 0. The highest BCUT2D eigenvalue weighted by atomic mass is 16.6. The van der Waals surface area contributed by atoms with E-state index in [2.05, 4.69) is 50.2 Å². The highest BCUT2D eigenvalue weighted by Crippen LogP contribution is 2.66. The van der Waals surface area contributed by atoms with Crippen LogP contribution in [0.3, 0.4) is 0 Å². The van der Waals surface area contributed by atoms with E-state index in [4.69, 9.17) is 18.9 Å². The molecule has 0 spiro atoms. The second kappa shape index (κ2) is 7.73. The van der Waals surface area contributed by atoms with Gasteiger partial charge in [-0.1, -0.05) is 24.3 Å². The van der Waals surface area contributed by atoms with E-state index >= 15 is 0 Å². The van der Waals surface area contributed by atoms with Crippen molar-refractivity contribution in [3.05, 3.63) is 58.7 Å². The molecule has 4 saturated carbocycles. The van der Waals surface area contributed by atoms with Crippen LogP contribution >= 0.6 is 0 Å². The zero-order valence-electron chi connectivity index (χ0n) is 20.5.